The highest BCUT2D eigenvalue weighted by molar-refractivity contribution is 7.12. The quantitative estimate of drug-likeness (QED) is 0.374. The molecule has 1 aliphatic heterocycles. The molecule has 0 saturated carbocycles. The Balaban J connectivity index is 1.47. The number of thiazole rings is 1. The summed E-state index contributed by atoms with van der Waals surface area (Å²) in [5.41, 5.74) is 3.05. The van der Waals surface area contributed by atoms with Crippen molar-refractivity contribution < 1.29 is 14.3 Å². The number of nitrogens with one attached hydrogen (secondary N) is 1. The Morgan fingerprint density at radius 3 is 2.88 bits per heavy atom. The number of hydrogen-bond acceptors (Lipinski definition) is 7. The lowest BCUT2D eigenvalue weighted by Crippen LogP contribution is -2.28. The van der Waals surface area contributed by atoms with Crippen LogP contribution in [0.15, 0.2) is 41.9 Å². The summed E-state index contributed by atoms with van der Waals surface area (Å²) < 4.78 is 6.93. The summed E-state index contributed by atoms with van der Waals surface area (Å²) in [5, 5.41) is 10.5. The van der Waals surface area contributed by atoms with Crippen LogP contribution in [0.3, 0.4) is 0 Å². The Morgan fingerprint density at radius 2 is 2.12 bits per heavy atom. The van der Waals surface area contributed by atoms with E-state index in [1.807, 2.05) is 40.6 Å². The second-order valence-electron chi connectivity index (χ2n) is 7.53. The Bertz CT molecular complexity index is 1060. The van der Waals surface area contributed by atoms with Gasteiger partial charge in [0, 0.05) is 37.0 Å². The summed E-state index contributed by atoms with van der Waals surface area (Å²) in [6, 6.07) is 9.96. The average Bonchev–Trinajstić information content (AvgIpc) is 3.54. The highest BCUT2D eigenvalue weighted by Gasteiger charge is 2.22. The summed E-state index contributed by atoms with van der Waals surface area (Å²) in [7, 11) is 0. The van der Waals surface area contributed by atoms with Gasteiger partial charge < -0.3 is 15.0 Å². The number of nitrogens with zero attached hydrogens (tertiary/aromatic N) is 4. The summed E-state index contributed by atoms with van der Waals surface area (Å²) >= 11 is 1.48. The number of esters is 1. The van der Waals surface area contributed by atoms with Crippen molar-refractivity contribution in [1.29, 1.82) is 0 Å². The number of carbonyl (C=O) groups excluding carboxylic acids is 2. The molecule has 3 heterocycles. The van der Waals surface area contributed by atoms with Crippen molar-refractivity contribution in [2.75, 3.05) is 26.2 Å². The molecule has 1 amide bonds. The molecule has 1 saturated heterocycles. The SMILES string of the molecule is CCOC(=O)c1cnn(-c2nc(-c3ccccc3)cs2)c1CNCCCN1CCCC1=O. The van der Waals surface area contributed by atoms with E-state index in [1.54, 1.807) is 17.8 Å². The van der Waals surface area contributed by atoms with Crippen LogP contribution in [-0.2, 0) is 16.1 Å². The highest BCUT2D eigenvalue weighted by atomic mass is 32.1. The van der Waals surface area contributed by atoms with Gasteiger partial charge in [-0.05, 0) is 26.3 Å². The topological polar surface area (TPSA) is 89.3 Å². The van der Waals surface area contributed by atoms with Crippen LogP contribution in [-0.4, -0.2) is 57.8 Å². The van der Waals surface area contributed by atoms with Crippen LogP contribution in [0.4, 0.5) is 0 Å². The van der Waals surface area contributed by atoms with Crippen LogP contribution in [0.5, 0.6) is 0 Å². The standard InChI is InChI=1S/C23H27N5O3S/c1-2-31-22(30)18-14-25-28(23-26-19(16-32-23)17-8-4-3-5-9-17)20(18)15-24-11-7-13-27-12-6-10-21(27)29/h3-5,8-9,14,16,24H,2,6-7,10-13,15H2,1H3. The van der Waals surface area contributed by atoms with E-state index < -0.39 is 5.97 Å². The molecule has 4 rings (SSSR count). The van der Waals surface area contributed by atoms with Gasteiger partial charge in [0.05, 0.1) is 24.2 Å². The Kier molecular flexibility index (Phi) is 7.28. The molecule has 2 aromatic heterocycles. The second-order valence-corrected chi connectivity index (χ2v) is 8.37. The first-order valence-electron chi connectivity index (χ1n) is 10.9. The van der Waals surface area contributed by atoms with Crippen LogP contribution < -0.4 is 5.32 Å². The van der Waals surface area contributed by atoms with E-state index in [2.05, 4.69) is 10.4 Å². The lowest BCUT2D eigenvalue weighted by atomic mass is 10.2. The van der Waals surface area contributed by atoms with Gasteiger partial charge in [-0.3, -0.25) is 4.79 Å². The van der Waals surface area contributed by atoms with Crippen molar-refractivity contribution in [1.82, 2.24) is 25.0 Å². The van der Waals surface area contributed by atoms with Crippen LogP contribution in [0.2, 0.25) is 0 Å². The lowest BCUT2D eigenvalue weighted by Gasteiger charge is -2.15. The minimum absolute atomic E-state index is 0.241. The fraction of sp³-hybridized carbons (Fsp3) is 0.391. The molecular weight excluding hydrogens is 426 g/mol. The van der Waals surface area contributed by atoms with Gasteiger partial charge in [0.15, 0.2) is 0 Å². The third-order valence-corrected chi connectivity index (χ3v) is 6.17. The van der Waals surface area contributed by atoms with Gasteiger partial charge in [0.2, 0.25) is 11.0 Å². The molecule has 0 bridgehead atoms. The normalized spacial score (nSPS) is 13.7. The molecular formula is C23H27N5O3S. The monoisotopic (exact) mass is 453 g/mol. The van der Waals surface area contributed by atoms with Crippen LogP contribution in [0.25, 0.3) is 16.4 Å². The molecule has 168 valence electrons. The third-order valence-electron chi connectivity index (χ3n) is 5.35. The van der Waals surface area contributed by atoms with Crippen molar-refractivity contribution in [3.05, 3.63) is 53.2 Å². The molecule has 0 unspecified atom stereocenters. The number of rotatable bonds is 10. The van der Waals surface area contributed by atoms with E-state index in [1.165, 1.54) is 11.3 Å². The van der Waals surface area contributed by atoms with Gasteiger partial charge in [-0.25, -0.2) is 14.5 Å². The first-order chi connectivity index (χ1) is 15.7. The largest absolute Gasteiger partial charge is 0.462 e. The number of likely N-dealkylation sites (tertiary alicyclic amines) is 1. The number of hydrogen-bond donors (Lipinski definition) is 1. The zero-order valence-electron chi connectivity index (χ0n) is 18.1. The van der Waals surface area contributed by atoms with Crippen molar-refractivity contribution in [3.8, 4) is 16.4 Å². The molecule has 0 spiro atoms. The van der Waals surface area contributed by atoms with Crippen LogP contribution in [0, 0.1) is 0 Å². The Morgan fingerprint density at radius 1 is 1.28 bits per heavy atom. The van der Waals surface area contributed by atoms with Crippen LogP contribution >= 0.6 is 11.3 Å². The summed E-state index contributed by atoms with van der Waals surface area (Å²) in [4.78, 5) is 30.9. The van der Waals surface area contributed by atoms with Gasteiger partial charge >= 0.3 is 5.97 Å². The molecule has 1 N–H and O–H groups in total. The zero-order chi connectivity index (χ0) is 22.3. The average molecular weight is 454 g/mol. The number of ether oxygens (including phenoxy) is 1. The van der Waals surface area contributed by atoms with E-state index >= 15 is 0 Å². The molecule has 1 aliphatic rings. The van der Waals surface area contributed by atoms with E-state index in [9.17, 15) is 9.59 Å². The molecule has 0 radical (unpaired) electrons. The van der Waals surface area contributed by atoms with Crippen molar-refractivity contribution in [2.45, 2.75) is 32.7 Å². The van der Waals surface area contributed by atoms with Gasteiger partial charge in [-0.1, -0.05) is 30.3 Å². The predicted octanol–water partition coefficient (Wildman–Crippen LogP) is 3.27. The van der Waals surface area contributed by atoms with Gasteiger partial charge in [-0.15, -0.1) is 11.3 Å². The van der Waals surface area contributed by atoms with E-state index in [4.69, 9.17) is 9.72 Å². The maximum absolute atomic E-state index is 12.5. The minimum Gasteiger partial charge on any atom is -0.462 e. The smallest absolute Gasteiger partial charge is 0.341 e. The van der Waals surface area contributed by atoms with Gasteiger partial charge in [0.1, 0.15) is 5.56 Å². The van der Waals surface area contributed by atoms with Gasteiger partial charge in [0.25, 0.3) is 0 Å². The Labute approximate surface area is 191 Å². The van der Waals surface area contributed by atoms with E-state index in [-0.39, 0.29) is 5.91 Å². The van der Waals surface area contributed by atoms with E-state index in [0.29, 0.717) is 30.3 Å². The fourth-order valence-electron chi connectivity index (χ4n) is 3.73. The zero-order valence-corrected chi connectivity index (χ0v) is 18.9. The first-order valence-corrected chi connectivity index (χ1v) is 11.8. The number of aromatic nitrogens is 3. The minimum atomic E-state index is -0.391. The molecule has 9 heteroatoms. The third kappa shape index (κ3) is 5.05. The summed E-state index contributed by atoms with van der Waals surface area (Å²) in [6.45, 7) is 4.87. The first kappa shape index (κ1) is 22.2. The lowest BCUT2D eigenvalue weighted by molar-refractivity contribution is -0.127. The predicted molar refractivity (Wildman–Crippen MR) is 123 cm³/mol. The molecule has 0 atom stereocenters. The molecule has 8 nitrogen and oxygen atoms in total. The van der Waals surface area contributed by atoms with Gasteiger partial charge in [-0.2, -0.15) is 5.10 Å². The second kappa shape index (κ2) is 10.5. The molecule has 32 heavy (non-hydrogen) atoms. The van der Waals surface area contributed by atoms with Crippen molar-refractivity contribution in [2.24, 2.45) is 0 Å². The molecule has 0 aliphatic carbocycles. The Hall–Kier alpha value is -3.04. The molecule has 1 fully saturated rings. The maximum atomic E-state index is 12.5. The fourth-order valence-corrected chi connectivity index (χ4v) is 4.55. The molecule has 1 aromatic carbocycles. The van der Waals surface area contributed by atoms with Crippen molar-refractivity contribution in [3.63, 3.8) is 0 Å². The number of amides is 1. The van der Waals surface area contributed by atoms with Crippen molar-refractivity contribution >= 4 is 23.2 Å². The summed E-state index contributed by atoms with van der Waals surface area (Å²) in [6.07, 6.45) is 4.01. The highest BCUT2D eigenvalue weighted by Crippen LogP contribution is 2.25. The summed E-state index contributed by atoms with van der Waals surface area (Å²) in [5.74, 6) is -0.149. The number of carbonyl (C=O) groups is 2. The maximum Gasteiger partial charge on any atom is 0.341 e. The van der Waals surface area contributed by atoms with E-state index in [0.717, 1.165) is 49.4 Å². The van der Waals surface area contributed by atoms with Crippen LogP contribution in [0.1, 0.15) is 42.2 Å². The number of benzene rings is 1. The molecule has 3 aromatic rings.